The van der Waals surface area contributed by atoms with Gasteiger partial charge in [0.25, 0.3) is 5.91 Å². The van der Waals surface area contributed by atoms with Gasteiger partial charge in [0.15, 0.2) is 19.4 Å². The fourth-order valence-corrected chi connectivity index (χ4v) is 4.03. The van der Waals surface area contributed by atoms with Crippen LogP contribution < -0.4 is 14.4 Å². The van der Waals surface area contributed by atoms with Gasteiger partial charge in [-0.15, -0.1) is 0 Å². The van der Waals surface area contributed by atoms with Crippen molar-refractivity contribution in [2.75, 3.05) is 18.1 Å². The van der Waals surface area contributed by atoms with Crippen molar-refractivity contribution in [2.45, 2.75) is 25.0 Å². The summed E-state index contributed by atoms with van der Waals surface area (Å²) < 4.78 is 88.0. The number of aliphatic carboxylic acids is 1. The van der Waals surface area contributed by atoms with Gasteiger partial charge in [-0.2, -0.15) is 26.3 Å². The molecule has 1 atom stereocenters. The third kappa shape index (κ3) is 5.40. The Kier molecular flexibility index (Phi) is 6.67. The summed E-state index contributed by atoms with van der Waals surface area (Å²) in [7, 11) is 0. The van der Waals surface area contributed by atoms with E-state index in [-0.39, 0.29) is 22.9 Å². The Labute approximate surface area is 204 Å². The summed E-state index contributed by atoms with van der Waals surface area (Å²) in [5, 5.41) is 19.8. The van der Waals surface area contributed by atoms with Crippen molar-refractivity contribution in [3.63, 3.8) is 0 Å². The molecule has 1 unspecified atom stereocenters. The Morgan fingerprint density at radius 1 is 0.865 bits per heavy atom. The van der Waals surface area contributed by atoms with Gasteiger partial charge in [0.1, 0.15) is 11.5 Å². The number of rotatable bonds is 7. The lowest BCUT2D eigenvalue weighted by Crippen LogP contribution is -2.28. The number of fused-ring (bicyclic) bond motifs is 2. The molecule has 3 aromatic carbocycles. The van der Waals surface area contributed by atoms with Crippen LogP contribution in [0.5, 0.6) is 11.5 Å². The standard InChI is InChI=1S/C24H17F6NO6/c25-23(26,27)10-36-19-14-3-1-2-4-15(14)20(37-11-24(28,29)30)18-17(19)21(34)31(22(18)35)13-7-5-12(6-8-13)9-16(32)33/h1-8,21,34H,9-11H2,(H,32,33). The molecule has 196 valence electrons. The number of hydrogen-bond acceptors (Lipinski definition) is 5. The van der Waals surface area contributed by atoms with E-state index >= 15 is 0 Å². The number of aliphatic hydroxyl groups excluding tert-OH is 1. The lowest BCUT2D eigenvalue weighted by Gasteiger charge is -2.22. The van der Waals surface area contributed by atoms with Crippen LogP contribution in [-0.4, -0.2) is 47.7 Å². The number of alkyl halides is 6. The normalized spacial score (nSPS) is 15.7. The predicted octanol–water partition coefficient (Wildman–Crippen LogP) is 5.00. The van der Waals surface area contributed by atoms with Gasteiger partial charge in [-0.05, 0) is 17.7 Å². The van der Waals surface area contributed by atoms with Crippen molar-refractivity contribution in [3.05, 3.63) is 65.2 Å². The lowest BCUT2D eigenvalue weighted by atomic mass is 9.98. The van der Waals surface area contributed by atoms with E-state index < -0.39 is 66.3 Å². The molecule has 1 aliphatic rings. The number of hydrogen-bond donors (Lipinski definition) is 2. The second kappa shape index (κ2) is 9.47. The maximum atomic E-state index is 13.4. The minimum Gasteiger partial charge on any atom is -0.483 e. The molecule has 0 aliphatic carbocycles. The van der Waals surface area contributed by atoms with E-state index in [1.807, 2.05) is 0 Å². The summed E-state index contributed by atoms with van der Waals surface area (Å²) >= 11 is 0. The molecule has 0 fully saturated rings. The molecule has 3 aromatic rings. The Bertz CT molecular complexity index is 1350. The van der Waals surface area contributed by atoms with Gasteiger partial charge in [0, 0.05) is 16.5 Å². The van der Waals surface area contributed by atoms with E-state index in [4.69, 9.17) is 14.6 Å². The molecular formula is C24H17F6NO6. The van der Waals surface area contributed by atoms with Crippen LogP contribution in [0, 0.1) is 0 Å². The third-order valence-corrected chi connectivity index (χ3v) is 5.42. The van der Waals surface area contributed by atoms with Crippen molar-refractivity contribution < 1.29 is 55.6 Å². The summed E-state index contributed by atoms with van der Waals surface area (Å²) in [6.07, 6.45) is -11.9. The second-order valence-electron chi connectivity index (χ2n) is 8.09. The van der Waals surface area contributed by atoms with Crippen LogP contribution in [0.3, 0.4) is 0 Å². The molecule has 37 heavy (non-hydrogen) atoms. The first-order valence-corrected chi connectivity index (χ1v) is 10.6. The van der Waals surface area contributed by atoms with Crippen LogP contribution in [0.1, 0.15) is 27.7 Å². The number of carbonyl (C=O) groups excluding carboxylic acids is 1. The Morgan fingerprint density at radius 3 is 1.89 bits per heavy atom. The van der Waals surface area contributed by atoms with Crippen LogP contribution in [0.4, 0.5) is 32.0 Å². The van der Waals surface area contributed by atoms with E-state index in [0.29, 0.717) is 5.56 Å². The van der Waals surface area contributed by atoms with Crippen molar-refractivity contribution in [2.24, 2.45) is 0 Å². The quantitative estimate of drug-likeness (QED) is 0.419. The molecule has 0 bridgehead atoms. The van der Waals surface area contributed by atoms with Gasteiger partial charge < -0.3 is 19.7 Å². The summed E-state index contributed by atoms with van der Waals surface area (Å²) in [4.78, 5) is 25.1. The minimum atomic E-state index is -4.81. The van der Waals surface area contributed by atoms with Crippen molar-refractivity contribution in [1.82, 2.24) is 0 Å². The van der Waals surface area contributed by atoms with Crippen molar-refractivity contribution >= 4 is 28.3 Å². The SMILES string of the molecule is O=C(O)Cc1ccc(N2C(=O)c3c(c(OCC(F)(F)F)c4ccccc4c3OCC(F)(F)F)C2O)cc1. The summed E-state index contributed by atoms with van der Waals surface area (Å²) in [6, 6.07) is 10.6. The van der Waals surface area contributed by atoms with Gasteiger partial charge in [0.05, 0.1) is 17.5 Å². The molecule has 0 radical (unpaired) electrons. The van der Waals surface area contributed by atoms with Crippen molar-refractivity contribution in [3.8, 4) is 11.5 Å². The van der Waals surface area contributed by atoms with E-state index in [9.17, 15) is 41.0 Å². The highest BCUT2D eigenvalue weighted by Crippen LogP contribution is 2.50. The summed E-state index contributed by atoms with van der Waals surface area (Å²) in [5.74, 6) is -3.28. The van der Waals surface area contributed by atoms with Crippen molar-refractivity contribution in [1.29, 1.82) is 0 Å². The third-order valence-electron chi connectivity index (χ3n) is 5.42. The number of benzene rings is 3. The maximum Gasteiger partial charge on any atom is 0.422 e. The first kappa shape index (κ1) is 26.1. The topological polar surface area (TPSA) is 96.3 Å². The van der Waals surface area contributed by atoms with E-state index in [0.717, 1.165) is 4.90 Å². The largest absolute Gasteiger partial charge is 0.483 e. The van der Waals surface area contributed by atoms with Crippen LogP contribution >= 0.6 is 0 Å². The number of carboxylic acid groups (broad SMARTS) is 1. The Morgan fingerprint density at radius 2 is 1.38 bits per heavy atom. The molecule has 4 rings (SSSR count). The number of halogens is 6. The van der Waals surface area contributed by atoms with Gasteiger partial charge >= 0.3 is 18.3 Å². The Balaban J connectivity index is 1.89. The highest BCUT2D eigenvalue weighted by molar-refractivity contribution is 6.17. The van der Waals surface area contributed by atoms with Crippen LogP contribution in [0.25, 0.3) is 10.8 Å². The summed E-state index contributed by atoms with van der Waals surface area (Å²) in [5.41, 5.74) is -0.707. The number of amides is 1. The number of nitrogens with zero attached hydrogens (tertiary/aromatic N) is 1. The fourth-order valence-electron chi connectivity index (χ4n) is 4.03. The molecular weight excluding hydrogens is 512 g/mol. The number of carboxylic acids is 1. The number of carbonyl (C=O) groups is 2. The predicted molar refractivity (Wildman–Crippen MR) is 117 cm³/mol. The number of ether oxygens (including phenoxy) is 2. The van der Waals surface area contributed by atoms with E-state index in [2.05, 4.69) is 0 Å². The average molecular weight is 529 g/mol. The number of anilines is 1. The first-order valence-electron chi connectivity index (χ1n) is 10.6. The second-order valence-corrected chi connectivity index (χ2v) is 8.09. The molecule has 2 N–H and O–H groups in total. The van der Waals surface area contributed by atoms with Crippen LogP contribution in [-0.2, 0) is 11.2 Å². The first-order chi connectivity index (χ1) is 17.3. The van der Waals surface area contributed by atoms with Crippen LogP contribution in [0.2, 0.25) is 0 Å². The molecule has 0 saturated heterocycles. The van der Waals surface area contributed by atoms with Crippen LogP contribution in [0.15, 0.2) is 48.5 Å². The minimum absolute atomic E-state index is 0.00966. The molecule has 1 aliphatic heterocycles. The summed E-state index contributed by atoms with van der Waals surface area (Å²) in [6.45, 7) is -3.60. The highest BCUT2D eigenvalue weighted by atomic mass is 19.4. The zero-order valence-corrected chi connectivity index (χ0v) is 18.6. The number of aliphatic hydroxyl groups is 1. The molecule has 1 heterocycles. The van der Waals surface area contributed by atoms with Gasteiger partial charge in [-0.1, -0.05) is 36.4 Å². The molecule has 0 spiro atoms. The van der Waals surface area contributed by atoms with Gasteiger partial charge in [0.2, 0.25) is 0 Å². The zero-order valence-electron chi connectivity index (χ0n) is 18.6. The zero-order chi connectivity index (χ0) is 27.1. The smallest absolute Gasteiger partial charge is 0.422 e. The Hall–Kier alpha value is -4.00. The molecule has 7 nitrogen and oxygen atoms in total. The maximum absolute atomic E-state index is 13.4. The van der Waals surface area contributed by atoms with E-state index in [1.165, 1.54) is 48.5 Å². The lowest BCUT2D eigenvalue weighted by molar-refractivity contribution is -0.154. The molecule has 1 amide bonds. The molecule has 0 aromatic heterocycles. The molecule has 13 heteroatoms. The van der Waals surface area contributed by atoms with Gasteiger partial charge in [-0.3, -0.25) is 14.5 Å². The molecule has 0 saturated carbocycles. The van der Waals surface area contributed by atoms with Gasteiger partial charge in [-0.25, -0.2) is 0 Å². The average Bonchev–Trinajstić information content (AvgIpc) is 3.05. The highest BCUT2D eigenvalue weighted by Gasteiger charge is 2.44. The fraction of sp³-hybridized carbons (Fsp3) is 0.250. The van der Waals surface area contributed by atoms with E-state index in [1.54, 1.807) is 0 Å². The monoisotopic (exact) mass is 529 g/mol.